The molecule has 1 aromatic heterocycles. The maximum atomic E-state index is 13.0. The van der Waals surface area contributed by atoms with E-state index >= 15 is 0 Å². The highest BCUT2D eigenvalue weighted by molar-refractivity contribution is 7.98. The first-order valence-corrected chi connectivity index (χ1v) is 14.9. The Labute approximate surface area is 240 Å². The van der Waals surface area contributed by atoms with Gasteiger partial charge in [-0.05, 0) is 53.3 Å². The average Bonchev–Trinajstić information content (AvgIpc) is 3.44. The van der Waals surface area contributed by atoms with Crippen LogP contribution in [0.4, 0.5) is 5.69 Å². The molecule has 0 unspecified atom stereocenters. The highest BCUT2D eigenvalue weighted by atomic mass is 32.2. The molecule has 10 heteroatoms. The fourth-order valence-electron chi connectivity index (χ4n) is 4.69. The SMILES string of the molecule is CCSC.O=C(O)CNC(=O)CN(Cc1cccc2ccccc12)C[C@@H]1CCCN1C(=O)CNc1ccncc1. The molecule has 2 heterocycles. The van der Waals surface area contributed by atoms with E-state index in [2.05, 4.69) is 47.0 Å². The van der Waals surface area contributed by atoms with Crippen LogP contribution in [0.3, 0.4) is 0 Å². The second kappa shape index (κ2) is 16.5. The molecule has 1 fully saturated rings. The molecule has 3 N–H and O–H groups in total. The van der Waals surface area contributed by atoms with Gasteiger partial charge in [-0.25, -0.2) is 0 Å². The standard InChI is InChI=1S/C27H31N5O4.C3H8S/c33-25(30-16-27(35)36)19-31(17-21-7-3-6-20-5-1-2-9-24(20)21)18-23-8-4-14-32(23)26(34)15-29-22-10-12-28-13-11-22;1-3-4-2/h1-3,5-7,9-13,23H,4,8,14-19H2,(H,28,29)(H,30,33)(H,35,36);3H2,1-2H3/t23-;/m0./s1. The van der Waals surface area contributed by atoms with Crippen LogP contribution in [0.15, 0.2) is 67.0 Å². The Hall–Kier alpha value is -3.63. The van der Waals surface area contributed by atoms with Gasteiger partial charge in [0.2, 0.25) is 11.8 Å². The number of hydrogen-bond acceptors (Lipinski definition) is 7. The Morgan fingerprint density at radius 3 is 2.52 bits per heavy atom. The van der Waals surface area contributed by atoms with Gasteiger partial charge in [-0.1, -0.05) is 49.4 Å². The second-order valence-corrected chi connectivity index (χ2v) is 10.7. The molecular weight excluding hydrogens is 526 g/mol. The molecular formula is C30H39N5O4S. The summed E-state index contributed by atoms with van der Waals surface area (Å²) in [6, 6.07) is 17.8. The van der Waals surface area contributed by atoms with Crippen LogP contribution < -0.4 is 10.6 Å². The second-order valence-electron chi connectivity index (χ2n) is 9.53. The molecule has 0 spiro atoms. The van der Waals surface area contributed by atoms with Crippen molar-refractivity contribution in [1.82, 2.24) is 20.1 Å². The van der Waals surface area contributed by atoms with Gasteiger partial charge in [-0.3, -0.25) is 24.3 Å². The van der Waals surface area contributed by atoms with Gasteiger partial charge in [0.05, 0.1) is 13.1 Å². The molecule has 0 aliphatic carbocycles. The Morgan fingerprint density at radius 1 is 1.07 bits per heavy atom. The number of fused-ring (bicyclic) bond motifs is 1. The fourth-order valence-corrected chi connectivity index (χ4v) is 4.69. The number of nitrogens with zero attached hydrogens (tertiary/aromatic N) is 3. The maximum absolute atomic E-state index is 13.0. The third kappa shape index (κ3) is 9.84. The van der Waals surface area contributed by atoms with Crippen LogP contribution in [-0.2, 0) is 20.9 Å². The smallest absolute Gasteiger partial charge is 0.322 e. The minimum Gasteiger partial charge on any atom is -0.480 e. The molecule has 214 valence electrons. The van der Waals surface area contributed by atoms with Crippen LogP contribution in [0.1, 0.15) is 25.3 Å². The van der Waals surface area contributed by atoms with Crippen molar-refractivity contribution in [2.24, 2.45) is 0 Å². The zero-order chi connectivity index (χ0) is 28.7. The molecule has 2 amide bonds. The largest absolute Gasteiger partial charge is 0.480 e. The van der Waals surface area contributed by atoms with Crippen LogP contribution in [0.25, 0.3) is 10.8 Å². The third-order valence-corrected chi connectivity index (χ3v) is 7.23. The van der Waals surface area contributed by atoms with Gasteiger partial charge in [0.1, 0.15) is 6.54 Å². The Balaban J connectivity index is 0.00000103. The normalized spacial score (nSPS) is 14.5. The van der Waals surface area contributed by atoms with E-state index in [1.54, 1.807) is 12.4 Å². The molecule has 9 nitrogen and oxygen atoms in total. The number of rotatable bonds is 12. The van der Waals surface area contributed by atoms with Crippen molar-refractivity contribution < 1.29 is 19.5 Å². The lowest BCUT2D eigenvalue weighted by Crippen LogP contribution is -2.47. The van der Waals surface area contributed by atoms with E-state index in [0.717, 1.165) is 34.9 Å². The molecule has 40 heavy (non-hydrogen) atoms. The topological polar surface area (TPSA) is 115 Å². The number of thioether (sulfide) groups is 1. The number of pyridine rings is 1. The lowest BCUT2D eigenvalue weighted by atomic mass is 10.0. The third-order valence-electron chi connectivity index (χ3n) is 6.66. The molecule has 0 radical (unpaired) electrons. The molecule has 2 aromatic carbocycles. The van der Waals surface area contributed by atoms with Crippen LogP contribution >= 0.6 is 11.8 Å². The number of carbonyl (C=O) groups excluding carboxylic acids is 2. The quantitative estimate of drug-likeness (QED) is 0.305. The number of anilines is 1. The van der Waals surface area contributed by atoms with Crippen molar-refractivity contribution in [3.8, 4) is 0 Å². The van der Waals surface area contributed by atoms with E-state index < -0.39 is 12.5 Å². The predicted octanol–water partition coefficient (Wildman–Crippen LogP) is 3.71. The number of hydrogen-bond donors (Lipinski definition) is 3. The highest BCUT2D eigenvalue weighted by Crippen LogP contribution is 2.23. The first-order valence-electron chi connectivity index (χ1n) is 13.5. The first-order chi connectivity index (χ1) is 19.4. The number of carbonyl (C=O) groups is 3. The molecule has 0 saturated carbocycles. The number of likely N-dealkylation sites (tertiary alicyclic amines) is 1. The molecule has 3 aromatic rings. The molecule has 0 bridgehead atoms. The van der Waals surface area contributed by atoms with Gasteiger partial charge in [-0.2, -0.15) is 11.8 Å². The molecule has 4 rings (SSSR count). The molecule has 1 atom stereocenters. The van der Waals surface area contributed by atoms with Crippen LogP contribution in [0, 0.1) is 0 Å². The van der Waals surface area contributed by atoms with Gasteiger partial charge in [-0.15, -0.1) is 0 Å². The number of nitrogens with one attached hydrogen (secondary N) is 2. The van der Waals surface area contributed by atoms with E-state index in [9.17, 15) is 14.4 Å². The minimum absolute atomic E-state index is 0.00903. The van der Waals surface area contributed by atoms with E-state index in [4.69, 9.17) is 5.11 Å². The summed E-state index contributed by atoms with van der Waals surface area (Å²) in [6.07, 6.45) is 7.20. The van der Waals surface area contributed by atoms with Gasteiger partial charge in [0, 0.05) is 43.8 Å². The summed E-state index contributed by atoms with van der Waals surface area (Å²) in [7, 11) is 0. The number of amides is 2. The average molecular weight is 566 g/mol. The Morgan fingerprint density at radius 2 is 1.80 bits per heavy atom. The van der Waals surface area contributed by atoms with Crippen molar-refractivity contribution >= 4 is 46.0 Å². The van der Waals surface area contributed by atoms with E-state index in [1.807, 2.05) is 58.0 Å². The predicted molar refractivity (Wildman–Crippen MR) is 161 cm³/mol. The summed E-state index contributed by atoms with van der Waals surface area (Å²) in [5.41, 5.74) is 1.91. The van der Waals surface area contributed by atoms with Crippen LogP contribution in [-0.4, -0.2) is 88.4 Å². The van der Waals surface area contributed by atoms with Gasteiger partial charge >= 0.3 is 5.97 Å². The summed E-state index contributed by atoms with van der Waals surface area (Å²) in [5, 5.41) is 16.8. The summed E-state index contributed by atoms with van der Waals surface area (Å²) in [4.78, 5) is 44.4. The fraction of sp³-hybridized carbons (Fsp3) is 0.400. The minimum atomic E-state index is -1.08. The summed E-state index contributed by atoms with van der Waals surface area (Å²) >= 11 is 1.86. The van der Waals surface area contributed by atoms with Gasteiger partial charge in [0.15, 0.2) is 0 Å². The summed E-state index contributed by atoms with van der Waals surface area (Å²) < 4.78 is 0. The van der Waals surface area contributed by atoms with Gasteiger partial charge in [0.25, 0.3) is 0 Å². The summed E-state index contributed by atoms with van der Waals surface area (Å²) in [5.74, 6) is -0.194. The zero-order valence-corrected chi connectivity index (χ0v) is 24.0. The van der Waals surface area contributed by atoms with Crippen molar-refractivity contribution in [2.45, 2.75) is 32.4 Å². The monoisotopic (exact) mass is 565 g/mol. The Kier molecular flexibility index (Phi) is 12.7. The van der Waals surface area contributed by atoms with Crippen LogP contribution in [0.5, 0.6) is 0 Å². The maximum Gasteiger partial charge on any atom is 0.322 e. The van der Waals surface area contributed by atoms with Crippen molar-refractivity contribution in [3.63, 3.8) is 0 Å². The number of benzene rings is 2. The number of aliphatic carboxylic acids is 1. The lowest BCUT2D eigenvalue weighted by Gasteiger charge is -2.31. The van der Waals surface area contributed by atoms with E-state index in [1.165, 1.54) is 5.75 Å². The summed E-state index contributed by atoms with van der Waals surface area (Å²) in [6.45, 7) is 3.66. The van der Waals surface area contributed by atoms with E-state index in [0.29, 0.717) is 19.6 Å². The van der Waals surface area contributed by atoms with Gasteiger partial charge < -0.3 is 20.6 Å². The molecule has 1 saturated heterocycles. The molecule has 1 aliphatic rings. The lowest BCUT2D eigenvalue weighted by molar-refractivity contribution is -0.138. The van der Waals surface area contributed by atoms with E-state index in [-0.39, 0.29) is 30.9 Å². The number of carboxylic acid groups (broad SMARTS) is 1. The molecule has 1 aliphatic heterocycles. The van der Waals surface area contributed by atoms with Crippen molar-refractivity contribution in [2.75, 3.05) is 50.0 Å². The highest BCUT2D eigenvalue weighted by Gasteiger charge is 2.30. The first kappa shape index (κ1) is 30.9. The van der Waals surface area contributed by atoms with Crippen molar-refractivity contribution in [3.05, 3.63) is 72.6 Å². The van der Waals surface area contributed by atoms with Crippen molar-refractivity contribution in [1.29, 1.82) is 0 Å². The Bertz CT molecular complexity index is 1240. The zero-order valence-electron chi connectivity index (χ0n) is 23.2. The van der Waals surface area contributed by atoms with Crippen LogP contribution in [0.2, 0.25) is 0 Å². The number of aromatic nitrogens is 1. The number of carboxylic acids is 1.